The Balaban J connectivity index is 1.32. The minimum absolute atomic E-state index is 0.0121. The molecule has 4 aliphatic heterocycles. The van der Waals surface area contributed by atoms with Crippen LogP contribution in [0.2, 0.25) is 5.02 Å². The van der Waals surface area contributed by atoms with E-state index in [0.29, 0.717) is 50.1 Å². The summed E-state index contributed by atoms with van der Waals surface area (Å²) in [5, 5.41) is 0.677. The van der Waals surface area contributed by atoms with Crippen LogP contribution in [0.5, 0.6) is 0 Å². The van der Waals surface area contributed by atoms with Crippen molar-refractivity contribution in [2.24, 2.45) is 11.8 Å². The molecule has 1 aromatic rings. The zero-order valence-electron chi connectivity index (χ0n) is 29.2. The monoisotopic (exact) mass is 669 g/mol. The van der Waals surface area contributed by atoms with E-state index in [-0.39, 0.29) is 47.2 Å². The summed E-state index contributed by atoms with van der Waals surface area (Å²) < 4.78 is 5.95. The van der Waals surface area contributed by atoms with Gasteiger partial charge in [0, 0.05) is 74.9 Å². The lowest BCUT2D eigenvalue weighted by Gasteiger charge is -2.41. The number of ether oxygens (including phenoxy) is 1. The van der Waals surface area contributed by atoms with Gasteiger partial charge >= 0.3 is 0 Å². The molecular formula is C37H56ClN5O4. The number of amides is 3. The molecule has 6 rings (SSSR count). The van der Waals surface area contributed by atoms with Crippen molar-refractivity contribution >= 4 is 29.3 Å². The van der Waals surface area contributed by atoms with Gasteiger partial charge in [-0.15, -0.1) is 0 Å². The van der Waals surface area contributed by atoms with E-state index in [1.54, 1.807) is 0 Å². The molecule has 4 heterocycles. The average molecular weight is 670 g/mol. The number of halogens is 1. The Morgan fingerprint density at radius 1 is 0.872 bits per heavy atom. The third-order valence-electron chi connectivity index (χ3n) is 11.8. The number of rotatable bonds is 6. The van der Waals surface area contributed by atoms with E-state index < -0.39 is 12.1 Å². The first kappa shape index (κ1) is 34.7. The van der Waals surface area contributed by atoms with Gasteiger partial charge in [0.25, 0.3) is 5.91 Å². The highest BCUT2D eigenvalue weighted by molar-refractivity contribution is 6.30. The maximum absolute atomic E-state index is 15.0. The van der Waals surface area contributed by atoms with Crippen molar-refractivity contribution in [3.8, 4) is 0 Å². The van der Waals surface area contributed by atoms with Crippen molar-refractivity contribution in [3.05, 3.63) is 34.9 Å². The Morgan fingerprint density at radius 3 is 2.17 bits per heavy atom. The number of carbonyl (C=O) groups is 3. The predicted octanol–water partition coefficient (Wildman–Crippen LogP) is 4.48. The van der Waals surface area contributed by atoms with Crippen LogP contribution in [0, 0.1) is 11.8 Å². The highest BCUT2D eigenvalue weighted by Crippen LogP contribution is 2.40. The Labute approximate surface area is 286 Å². The molecule has 1 aromatic carbocycles. The van der Waals surface area contributed by atoms with Crippen molar-refractivity contribution in [3.63, 3.8) is 0 Å². The normalized spacial score (nSPS) is 32.6. The maximum atomic E-state index is 15.0. The summed E-state index contributed by atoms with van der Waals surface area (Å²) in [7, 11) is 2.08. The van der Waals surface area contributed by atoms with Crippen LogP contribution in [0.25, 0.3) is 0 Å². The largest absolute Gasteiger partial charge is 0.368 e. The molecule has 0 spiro atoms. The van der Waals surface area contributed by atoms with E-state index in [0.717, 1.165) is 63.7 Å². The fourth-order valence-electron chi connectivity index (χ4n) is 8.71. The second-order valence-corrected chi connectivity index (χ2v) is 16.5. The predicted molar refractivity (Wildman–Crippen MR) is 184 cm³/mol. The van der Waals surface area contributed by atoms with Crippen molar-refractivity contribution in [1.29, 1.82) is 0 Å². The van der Waals surface area contributed by atoms with Crippen LogP contribution in [0.15, 0.2) is 24.3 Å². The number of benzene rings is 1. The molecule has 0 aromatic heterocycles. The van der Waals surface area contributed by atoms with Crippen LogP contribution in [-0.4, -0.2) is 131 Å². The van der Waals surface area contributed by atoms with Crippen LogP contribution in [0.4, 0.5) is 0 Å². The maximum Gasteiger partial charge on any atom is 0.252 e. The molecule has 260 valence electrons. The van der Waals surface area contributed by atoms with E-state index in [1.807, 2.05) is 34.1 Å². The summed E-state index contributed by atoms with van der Waals surface area (Å²) in [6, 6.07) is 7.24. The zero-order valence-corrected chi connectivity index (χ0v) is 30.0. The lowest BCUT2D eigenvalue weighted by molar-refractivity contribution is -0.148. The number of hydrogen-bond acceptors (Lipinski definition) is 6. The van der Waals surface area contributed by atoms with E-state index in [1.165, 1.54) is 0 Å². The summed E-state index contributed by atoms with van der Waals surface area (Å²) in [5.74, 6) is 0.470. The molecule has 9 nitrogen and oxygen atoms in total. The minimum atomic E-state index is -0.576. The van der Waals surface area contributed by atoms with E-state index in [2.05, 4.69) is 49.4 Å². The molecule has 10 heteroatoms. The Bertz CT molecular complexity index is 1260. The van der Waals surface area contributed by atoms with Crippen LogP contribution in [0.3, 0.4) is 0 Å². The fraction of sp³-hybridized carbons (Fsp3) is 0.757. The van der Waals surface area contributed by atoms with Gasteiger partial charge in [-0.25, -0.2) is 0 Å². The lowest BCUT2D eigenvalue weighted by atomic mass is 9.85. The third kappa shape index (κ3) is 7.53. The molecule has 3 amide bonds. The second kappa shape index (κ2) is 14.3. The van der Waals surface area contributed by atoms with Gasteiger partial charge in [0.1, 0.15) is 12.1 Å². The molecule has 47 heavy (non-hydrogen) atoms. The highest BCUT2D eigenvalue weighted by atomic mass is 35.5. The lowest BCUT2D eigenvalue weighted by Crippen LogP contribution is -2.54. The topological polar surface area (TPSA) is 76.6 Å². The average Bonchev–Trinajstić information content (AvgIpc) is 3.83. The van der Waals surface area contributed by atoms with Crippen LogP contribution >= 0.6 is 11.6 Å². The van der Waals surface area contributed by atoms with Crippen molar-refractivity contribution in [1.82, 2.24) is 24.5 Å². The quantitative estimate of drug-likeness (QED) is 0.445. The summed E-state index contributed by atoms with van der Waals surface area (Å²) in [4.78, 5) is 54.3. The molecule has 5 aliphatic rings. The van der Waals surface area contributed by atoms with Gasteiger partial charge in [0.05, 0.1) is 12.0 Å². The van der Waals surface area contributed by atoms with Gasteiger partial charge in [-0.05, 0) is 96.4 Å². The van der Waals surface area contributed by atoms with Gasteiger partial charge in [-0.2, -0.15) is 0 Å². The molecular weight excluding hydrogens is 614 g/mol. The molecule has 0 N–H and O–H groups in total. The standard InChI is InChI=1S/C37H56ClN5O4/c1-25-8-14-28(15-9-25)43(36(46)33-7-6-20-47-33)29-21-32(35(45)40-18-16-39(5)17-19-40)42(22-29)34(44)31-24-41(37(2,3)4)23-30(31)26-10-12-27(38)13-11-26/h10-13,25,28-33H,6-9,14-24H2,1-5H3/t25?,28?,29-,30+,31+,32-,33-/m0/s1. The first-order valence-electron chi connectivity index (χ1n) is 18.1. The minimum Gasteiger partial charge on any atom is -0.368 e. The summed E-state index contributed by atoms with van der Waals surface area (Å²) in [6.07, 6.45) is 5.80. The summed E-state index contributed by atoms with van der Waals surface area (Å²) in [6.45, 7) is 14.3. The van der Waals surface area contributed by atoms with Crippen molar-refractivity contribution in [2.45, 2.75) is 108 Å². The van der Waals surface area contributed by atoms with E-state index in [9.17, 15) is 9.59 Å². The number of likely N-dealkylation sites (tertiary alicyclic amines) is 2. The number of carbonyl (C=O) groups excluding carboxylic acids is 3. The van der Waals surface area contributed by atoms with Gasteiger partial charge in [-0.3, -0.25) is 19.3 Å². The molecule has 5 fully saturated rings. The highest BCUT2D eigenvalue weighted by Gasteiger charge is 2.51. The van der Waals surface area contributed by atoms with E-state index in [4.69, 9.17) is 16.3 Å². The van der Waals surface area contributed by atoms with Gasteiger partial charge in [0.2, 0.25) is 11.8 Å². The van der Waals surface area contributed by atoms with Gasteiger partial charge in [0.15, 0.2) is 0 Å². The summed E-state index contributed by atoms with van der Waals surface area (Å²) in [5.41, 5.74) is 0.994. The number of hydrogen-bond donors (Lipinski definition) is 0. The number of nitrogens with zero attached hydrogens (tertiary/aromatic N) is 5. The number of likely N-dealkylation sites (N-methyl/N-ethyl adjacent to an activating group) is 1. The Kier molecular flexibility index (Phi) is 10.6. The van der Waals surface area contributed by atoms with Gasteiger partial charge in [-0.1, -0.05) is 30.7 Å². The summed E-state index contributed by atoms with van der Waals surface area (Å²) >= 11 is 6.28. The molecule has 1 aliphatic carbocycles. The molecule has 5 atom stereocenters. The van der Waals surface area contributed by atoms with Crippen LogP contribution in [-0.2, 0) is 19.1 Å². The van der Waals surface area contributed by atoms with Crippen molar-refractivity contribution in [2.75, 3.05) is 59.5 Å². The molecule has 0 radical (unpaired) electrons. The van der Waals surface area contributed by atoms with Crippen LogP contribution in [0.1, 0.15) is 84.1 Å². The van der Waals surface area contributed by atoms with E-state index >= 15 is 4.79 Å². The van der Waals surface area contributed by atoms with Crippen LogP contribution < -0.4 is 0 Å². The fourth-order valence-corrected chi connectivity index (χ4v) is 8.84. The SMILES string of the molecule is CC1CCC(N(C(=O)[C@@H]2CCCO2)[C@H]2C[C@@H](C(=O)N3CCN(C)CC3)N(C(=O)[C@@H]3CN(C(C)(C)C)C[C@@H]3c3ccc(Cl)cc3)C2)CC1. The van der Waals surface area contributed by atoms with Gasteiger partial charge < -0.3 is 24.3 Å². The Hall–Kier alpha value is -2.20. The first-order valence-corrected chi connectivity index (χ1v) is 18.5. The number of piperazine rings is 1. The molecule has 0 unspecified atom stereocenters. The Morgan fingerprint density at radius 2 is 1.55 bits per heavy atom. The second-order valence-electron chi connectivity index (χ2n) is 16.0. The smallest absolute Gasteiger partial charge is 0.252 e. The third-order valence-corrected chi connectivity index (χ3v) is 12.0. The molecule has 4 saturated heterocycles. The van der Waals surface area contributed by atoms with Crippen molar-refractivity contribution < 1.29 is 19.1 Å². The zero-order chi connectivity index (χ0) is 33.5. The first-order chi connectivity index (χ1) is 22.4. The molecule has 1 saturated carbocycles. The molecule has 0 bridgehead atoms.